The van der Waals surface area contributed by atoms with Crippen molar-refractivity contribution in [2.24, 2.45) is 0 Å². The lowest BCUT2D eigenvalue weighted by Gasteiger charge is -2.11. The highest BCUT2D eigenvalue weighted by molar-refractivity contribution is 5.44. The van der Waals surface area contributed by atoms with Gasteiger partial charge < -0.3 is 14.8 Å². The van der Waals surface area contributed by atoms with Gasteiger partial charge >= 0.3 is 0 Å². The molecule has 0 aliphatic carbocycles. The third-order valence-corrected chi connectivity index (χ3v) is 2.76. The van der Waals surface area contributed by atoms with Gasteiger partial charge in [-0.15, -0.1) is 0 Å². The van der Waals surface area contributed by atoms with Gasteiger partial charge in [-0.2, -0.15) is 0 Å². The second-order valence-corrected chi connectivity index (χ2v) is 4.12. The van der Waals surface area contributed by atoms with Crippen LogP contribution in [-0.4, -0.2) is 32.5 Å². The Hall–Kier alpha value is -1.13. The largest absolute Gasteiger partial charge is 0.380 e. The second-order valence-electron chi connectivity index (χ2n) is 4.12. The number of rotatable bonds is 6. The Morgan fingerprint density at radius 3 is 3.06 bits per heavy atom. The first-order valence-electron chi connectivity index (χ1n) is 6.04. The summed E-state index contributed by atoms with van der Waals surface area (Å²) in [5, 5.41) is 3.00. The van der Waals surface area contributed by atoms with Crippen molar-refractivity contribution < 1.29 is 13.9 Å². The molecule has 1 N–H and O–H groups in total. The summed E-state index contributed by atoms with van der Waals surface area (Å²) in [5.74, 6) is -0.230. The van der Waals surface area contributed by atoms with Crippen LogP contribution in [0.5, 0.6) is 0 Å². The second kappa shape index (κ2) is 6.57. The van der Waals surface area contributed by atoms with Gasteiger partial charge in [0.2, 0.25) is 0 Å². The first kappa shape index (κ1) is 12.3. The number of para-hydroxylation sites is 1. The van der Waals surface area contributed by atoms with Gasteiger partial charge in [0, 0.05) is 13.2 Å². The summed E-state index contributed by atoms with van der Waals surface area (Å²) in [7, 11) is 0. The highest BCUT2D eigenvalue weighted by Gasteiger charge is 2.14. The summed E-state index contributed by atoms with van der Waals surface area (Å²) >= 11 is 0. The number of halogens is 1. The molecule has 1 heterocycles. The highest BCUT2D eigenvalue weighted by atomic mass is 19.1. The van der Waals surface area contributed by atoms with Crippen LogP contribution < -0.4 is 5.32 Å². The summed E-state index contributed by atoms with van der Waals surface area (Å²) in [6.07, 6.45) is 2.46. The van der Waals surface area contributed by atoms with Crippen molar-refractivity contribution >= 4 is 5.69 Å². The average molecular weight is 239 g/mol. The minimum atomic E-state index is -0.230. The van der Waals surface area contributed by atoms with Crippen LogP contribution in [0.4, 0.5) is 10.1 Å². The van der Waals surface area contributed by atoms with Crippen molar-refractivity contribution in [2.45, 2.75) is 18.9 Å². The quantitative estimate of drug-likeness (QED) is 0.773. The molecule has 1 unspecified atom stereocenters. The Balaban J connectivity index is 1.58. The van der Waals surface area contributed by atoms with Crippen LogP contribution in [-0.2, 0) is 9.47 Å². The van der Waals surface area contributed by atoms with Gasteiger partial charge in [0.25, 0.3) is 0 Å². The fourth-order valence-electron chi connectivity index (χ4n) is 1.85. The number of benzene rings is 1. The Kier molecular flexibility index (Phi) is 4.76. The van der Waals surface area contributed by atoms with E-state index in [1.54, 1.807) is 18.2 Å². The lowest BCUT2D eigenvalue weighted by molar-refractivity contribution is 0.0206. The fraction of sp³-hybridized carbons (Fsp3) is 0.538. The van der Waals surface area contributed by atoms with Crippen LogP contribution in [0, 0.1) is 5.82 Å². The summed E-state index contributed by atoms with van der Waals surface area (Å²) in [6, 6.07) is 6.64. The summed E-state index contributed by atoms with van der Waals surface area (Å²) in [5.41, 5.74) is 0.521. The van der Waals surface area contributed by atoms with E-state index in [1.165, 1.54) is 6.07 Å². The summed E-state index contributed by atoms with van der Waals surface area (Å²) in [4.78, 5) is 0. The number of anilines is 1. The van der Waals surface area contributed by atoms with E-state index in [0.29, 0.717) is 25.4 Å². The van der Waals surface area contributed by atoms with Crippen LogP contribution in [0.1, 0.15) is 12.8 Å². The average Bonchev–Trinajstić information content (AvgIpc) is 2.84. The number of hydrogen-bond acceptors (Lipinski definition) is 3. The molecule has 0 saturated carbocycles. The normalized spacial score (nSPS) is 19.5. The molecule has 94 valence electrons. The van der Waals surface area contributed by atoms with Crippen molar-refractivity contribution in [1.82, 2.24) is 0 Å². The van der Waals surface area contributed by atoms with Gasteiger partial charge in [-0.05, 0) is 25.0 Å². The molecular formula is C13H18FNO2. The molecule has 4 heteroatoms. The van der Waals surface area contributed by atoms with Crippen LogP contribution in [0.2, 0.25) is 0 Å². The van der Waals surface area contributed by atoms with Gasteiger partial charge in [0.15, 0.2) is 0 Å². The molecule has 0 bridgehead atoms. The third kappa shape index (κ3) is 3.98. The Morgan fingerprint density at radius 2 is 2.29 bits per heavy atom. The smallest absolute Gasteiger partial charge is 0.146 e. The predicted octanol–water partition coefficient (Wildman–Crippen LogP) is 2.43. The van der Waals surface area contributed by atoms with Crippen LogP contribution >= 0.6 is 0 Å². The monoisotopic (exact) mass is 239 g/mol. The fourth-order valence-corrected chi connectivity index (χ4v) is 1.85. The molecule has 0 amide bonds. The molecule has 1 atom stereocenters. The number of nitrogens with one attached hydrogen (secondary N) is 1. The van der Waals surface area contributed by atoms with Gasteiger partial charge in [-0.1, -0.05) is 12.1 Å². The zero-order valence-corrected chi connectivity index (χ0v) is 9.82. The molecule has 0 spiro atoms. The maximum Gasteiger partial charge on any atom is 0.146 e. The molecule has 1 aliphatic rings. The number of ether oxygens (including phenoxy) is 2. The Labute approximate surface area is 101 Å². The lowest BCUT2D eigenvalue weighted by atomic mass is 10.2. The van der Waals surface area contributed by atoms with E-state index >= 15 is 0 Å². The molecular weight excluding hydrogens is 221 g/mol. The van der Waals surface area contributed by atoms with Crippen LogP contribution in [0.25, 0.3) is 0 Å². The van der Waals surface area contributed by atoms with Gasteiger partial charge in [0.05, 0.1) is 25.0 Å². The van der Waals surface area contributed by atoms with Crippen molar-refractivity contribution in [3.8, 4) is 0 Å². The van der Waals surface area contributed by atoms with Gasteiger partial charge in [-0.25, -0.2) is 4.39 Å². The topological polar surface area (TPSA) is 30.5 Å². The molecule has 3 nitrogen and oxygen atoms in total. The first-order valence-corrected chi connectivity index (χ1v) is 6.04. The molecule has 1 saturated heterocycles. The molecule has 1 aliphatic heterocycles. The van der Waals surface area contributed by atoms with Crippen molar-refractivity contribution in [3.05, 3.63) is 30.1 Å². The first-order chi connectivity index (χ1) is 8.36. The highest BCUT2D eigenvalue weighted by Crippen LogP contribution is 2.13. The summed E-state index contributed by atoms with van der Waals surface area (Å²) < 4.78 is 24.1. The van der Waals surface area contributed by atoms with Crippen LogP contribution in [0.15, 0.2) is 24.3 Å². The molecule has 17 heavy (non-hydrogen) atoms. The zero-order valence-electron chi connectivity index (χ0n) is 9.82. The van der Waals surface area contributed by atoms with E-state index in [0.717, 1.165) is 19.4 Å². The zero-order chi connectivity index (χ0) is 11.9. The standard InChI is InChI=1S/C13H18FNO2/c14-12-5-1-2-6-13(12)15-7-9-16-10-11-4-3-8-17-11/h1-2,5-6,11,15H,3-4,7-10H2. The van der Waals surface area contributed by atoms with Crippen LogP contribution in [0.3, 0.4) is 0 Å². The van der Waals surface area contributed by atoms with E-state index in [1.807, 2.05) is 0 Å². The maximum absolute atomic E-state index is 13.2. The molecule has 0 aromatic heterocycles. The molecule has 1 aromatic carbocycles. The molecule has 0 radical (unpaired) electrons. The minimum absolute atomic E-state index is 0.230. The molecule has 1 fully saturated rings. The van der Waals surface area contributed by atoms with E-state index in [-0.39, 0.29) is 11.9 Å². The van der Waals surface area contributed by atoms with E-state index in [2.05, 4.69) is 5.32 Å². The summed E-state index contributed by atoms with van der Waals surface area (Å²) in [6.45, 7) is 2.66. The molecule has 1 aromatic rings. The van der Waals surface area contributed by atoms with Gasteiger partial charge in [0.1, 0.15) is 5.82 Å². The van der Waals surface area contributed by atoms with Crippen molar-refractivity contribution in [2.75, 3.05) is 31.7 Å². The Morgan fingerprint density at radius 1 is 1.41 bits per heavy atom. The third-order valence-electron chi connectivity index (χ3n) is 2.76. The van der Waals surface area contributed by atoms with E-state index in [9.17, 15) is 4.39 Å². The SMILES string of the molecule is Fc1ccccc1NCCOCC1CCCO1. The van der Waals surface area contributed by atoms with E-state index < -0.39 is 0 Å². The van der Waals surface area contributed by atoms with E-state index in [4.69, 9.17) is 9.47 Å². The minimum Gasteiger partial charge on any atom is -0.380 e. The molecule has 2 rings (SSSR count). The predicted molar refractivity (Wildman–Crippen MR) is 64.7 cm³/mol. The number of hydrogen-bond donors (Lipinski definition) is 1. The lowest BCUT2D eigenvalue weighted by Crippen LogP contribution is -2.18. The van der Waals surface area contributed by atoms with Gasteiger partial charge in [-0.3, -0.25) is 0 Å². The van der Waals surface area contributed by atoms with Crippen molar-refractivity contribution in [3.63, 3.8) is 0 Å². The van der Waals surface area contributed by atoms with Crippen molar-refractivity contribution in [1.29, 1.82) is 0 Å². The Bertz CT molecular complexity index is 340. The maximum atomic E-state index is 13.2.